The van der Waals surface area contributed by atoms with Crippen LogP contribution in [0.5, 0.6) is 0 Å². The van der Waals surface area contributed by atoms with Gasteiger partial charge in [-0.05, 0) is 60.7 Å². The van der Waals surface area contributed by atoms with Crippen molar-refractivity contribution in [2.75, 3.05) is 38.6 Å². The number of fused-ring (bicyclic) bond motifs is 1. The minimum Gasteiger partial charge on any atom is -0.465 e. The van der Waals surface area contributed by atoms with Gasteiger partial charge in [0.05, 0.1) is 12.7 Å². The Morgan fingerprint density at radius 2 is 2.03 bits per heavy atom. The highest BCUT2D eigenvalue weighted by atomic mass is 35.5. The van der Waals surface area contributed by atoms with E-state index in [0.717, 1.165) is 68.1 Å². The number of thiophene rings is 1. The van der Waals surface area contributed by atoms with Crippen molar-refractivity contribution in [3.63, 3.8) is 0 Å². The summed E-state index contributed by atoms with van der Waals surface area (Å²) >= 11 is 19.7. The highest BCUT2D eigenvalue weighted by Crippen LogP contribution is 2.40. The molecule has 1 fully saturated rings. The summed E-state index contributed by atoms with van der Waals surface area (Å²) in [6, 6.07) is 5.64. The number of methoxy groups -OCH3 is 1. The second-order valence-electron chi connectivity index (χ2n) is 8.48. The molecule has 2 heterocycles. The van der Waals surface area contributed by atoms with E-state index < -0.39 is 0 Å². The molecule has 1 saturated heterocycles. The van der Waals surface area contributed by atoms with Gasteiger partial charge in [-0.1, -0.05) is 36.2 Å². The highest BCUT2D eigenvalue weighted by Gasteiger charge is 2.29. The lowest BCUT2D eigenvalue weighted by molar-refractivity contribution is 0.0601. The molecule has 4 rings (SSSR count). The number of anilines is 1. The Morgan fingerprint density at radius 3 is 2.72 bits per heavy atom. The number of ether oxygens (including phenoxy) is 1. The summed E-state index contributed by atoms with van der Waals surface area (Å²) in [7, 11) is 1.44. The molecule has 1 aliphatic heterocycles. The molecule has 1 aromatic heterocycles. The summed E-state index contributed by atoms with van der Waals surface area (Å²) in [5, 5.41) is 6.19. The second-order valence-corrected chi connectivity index (χ2v) is 10.8. The van der Waals surface area contributed by atoms with Crippen LogP contribution in [0.3, 0.4) is 0 Å². The minimum absolute atomic E-state index is 0.285. The van der Waals surface area contributed by atoms with Gasteiger partial charge >= 0.3 is 5.97 Å². The molecular formula is C23H27Cl2N3O2S2. The first-order valence-corrected chi connectivity index (χ1v) is 12.8. The van der Waals surface area contributed by atoms with Crippen LogP contribution in [-0.2, 0) is 24.1 Å². The van der Waals surface area contributed by atoms with Gasteiger partial charge in [0.2, 0.25) is 0 Å². The molecule has 2 aromatic rings. The van der Waals surface area contributed by atoms with E-state index in [1.54, 1.807) is 17.4 Å². The van der Waals surface area contributed by atoms with Gasteiger partial charge in [-0.25, -0.2) is 4.79 Å². The summed E-state index contributed by atoms with van der Waals surface area (Å²) in [5.41, 5.74) is 2.87. The van der Waals surface area contributed by atoms with Crippen molar-refractivity contribution in [2.45, 2.75) is 32.7 Å². The Balaban J connectivity index is 1.39. The smallest absolute Gasteiger partial charge is 0.341 e. The fourth-order valence-electron chi connectivity index (χ4n) is 4.33. The highest BCUT2D eigenvalue weighted by molar-refractivity contribution is 7.80. The molecule has 1 unspecified atom stereocenters. The van der Waals surface area contributed by atoms with Crippen LogP contribution in [0.2, 0.25) is 10.0 Å². The molecule has 0 radical (unpaired) electrons. The third-order valence-electron chi connectivity index (χ3n) is 6.19. The van der Waals surface area contributed by atoms with Crippen molar-refractivity contribution in [1.82, 2.24) is 9.80 Å². The van der Waals surface area contributed by atoms with Gasteiger partial charge in [0.15, 0.2) is 5.11 Å². The Morgan fingerprint density at radius 1 is 1.28 bits per heavy atom. The number of rotatable bonds is 4. The van der Waals surface area contributed by atoms with Crippen molar-refractivity contribution in [1.29, 1.82) is 0 Å². The zero-order valence-corrected chi connectivity index (χ0v) is 21.4. The van der Waals surface area contributed by atoms with E-state index in [4.69, 9.17) is 40.2 Å². The molecule has 172 valence electrons. The molecule has 1 atom stereocenters. The van der Waals surface area contributed by atoms with Crippen LogP contribution in [0.25, 0.3) is 0 Å². The third kappa shape index (κ3) is 5.23. The van der Waals surface area contributed by atoms with Crippen LogP contribution >= 0.6 is 46.8 Å². The van der Waals surface area contributed by atoms with E-state index in [1.807, 2.05) is 12.1 Å². The lowest BCUT2D eigenvalue weighted by Crippen LogP contribution is -2.49. The predicted molar refractivity (Wildman–Crippen MR) is 136 cm³/mol. The van der Waals surface area contributed by atoms with Gasteiger partial charge in [-0.3, -0.25) is 4.90 Å². The summed E-state index contributed by atoms with van der Waals surface area (Å²) in [5.74, 6) is 0.348. The summed E-state index contributed by atoms with van der Waals surface area (Å²) in [6.45, 7) is 6.42. The predicted octanol–water partition coefficient (Wildman–Crippen LogP) is 5.48. The fourth-order valence-corrected chi connectivity index (χ4v) is 6.55. The van der Waals surface area contributed by atoms with Gasteiger partial charge in [-0.2, -0.15) is 0 Å². The van der Waals surface area contributed by atoms with Crippen molar-refractivity contribution >= 4 is 62.8 Å². The number of nitrogens with zero attached hydrogens (tertiary/aromatic N) is 2. The van der Waals surface area contributed by atoms with Crippen LogP contribution in [0.1, 0.15) is 39.7 Å². The lowest BCUT2D eigenvalue weighted by Gasteiger charge is -2.36. The number of piperazine rings is 1. The Hall–Kier alpha value is -1.38. The minimum atomic E-state index is -0.285. The number of hydrogen-bond acceptors (Lipinski definition) is 5. The van der Waals surface area contributed by atoms with Crippen molar-refractivity contribution < 1.29 is 9.53 Å². The van der Waals surface area contributed by atoms with Gasteiger partial charge in [0.25, 0.3) is 0 Å². The van der Waals surface area contributed by atoms with E-state index in [9.17, 15) is 4.79 Å². The van der Waals surface area contributed by atoms with Crippen molar-refractivity contribution in [3.8, 4) is 0 Å². The normalized spacial score (nSPS) is 18.9. The quantitative estimate of drug-likeness (QED) is 0.433. The lowest BCUT2D eigenvalue weighted by atomic mass is 9.88. The molecule has 1 N–H and O–H groups in total. The van der Waals surface area contributed by atoms with Crippen LogP contribution in [0.4, 0.5) is 5.00 Å². The average Bonchev–Trinajstić information content (AvgIpc) is 3.12. The molecule has 9 heteroatoms. The topological polar surface area (TPSA) is 44.8 Å². The number of thiocarbonyl (C=S) groups is 1. The first-order chi connectivity index (χ1) is 15.4. The van der Waals surface area contributed by atoms with E-state index in [2.05, 4.69) is 22.0 Å². The van der Waals surface area contributed by atoms with Gasteiger partial charge in [0, 0.05) is 47.6 Å². The third-order valence-corrected chi connectivity index (χ3v) is 8.31. The molecule has 0 amide bonds. The van der Waals surface area contributed by atoms with Crippen LogP contribution in [0.15, 0.2) is 18.2 Å². The standard InChI is InChI=1S/C23H27Cl2N3O2S2/c1-14-3-6-17-19(11-14)32-21(20(17)22(29)30-2)26-23(31)28-9-7-27(8-10-28)13-15-4-5-16(24)12-18(15)25/h4-5,12,14H,3,6-11,13H2,1-2H3,(H,26,31). The monoisotopic (exact) mass is 511 g/mol. The van der Waals surface area contributed by atoms with Gasteiger partial charge in [0.1, 0.15) is 5.00 Å². The summed E-state index contributed by atoms with van der Waals surface area (Å²) < 4.78 is 5.09. The molecule has 1 aliphatic carbocycles. The Labute approximate surface area is 208 Å². The molecule has 5 nitrogen and oxygen atoms in total. The molecule has 1 aromatic carbocycles. The van der Waals surface area contributed by atoms with E-state index in [0.29, 0.717) is 26.6 Å². The SMILES string of the molecule is COC(=O)c1c(NC(=S)N2CCN(Cc3ccc(Cl)cc3Cl)CC2)sc2c1CCC(C)C2. The fraction of sp³-hybridized carbons (Fsp3) is 0.478. The maximum atomic E-state index is 12.5. The first kappa shape index (κ1) is 23.8. The summed E-state index contributed by atoms with van der Waals surface area (Å²) in [4.78, 5) is 18.3. The van der Waals surface area contributed by atoms with Crippen LogP contribution in [-0.4, -0.2) is 54.2 Å². The molecule has 0 saturated carbocycles. The number of hydrogen-bond donors (Lipinski definition) is 1. The molecule has 32 heavy (non-hydrogen) atoms. The molecule has 0 spiro atoms. The largest absolute Gasteiger partial charge is 0.465 e. The second kappa shape index (κ2) is 10.3. The zero-order chi connectivity index (χ0) is 22.8. The average molecular weight is 513 g/mol. The number of nitrogens with one attached hydrogen (secondary N) is 1. The Bertz CT molecular complexity index is 1020. The maximum absolute atomic E-state index is 12.5. The van der Waals surface area contributed by atoms with Crippen LogP contribution in [0, 0.1) is 5.92 Å². The number of benzene rings is 1. The first-order valence-electron chi connectivity index (χ1n) is 10.8. The van der Waals surface area contributed by atoms with Gasteiger partial charge in [-0.15, -0.1) is 11.3 Å². The van der Waals surface area contributed by atoms with Crippen molar-refractivity contribution in [3.05, 3.63) is 49.8 Å². The molecular weight excluding hydrogens is 485 g/mol. The number of esters is 1. The zero-order valence-electron chi connectivity index (χ0n) is 18.2. The van der Waals surface area contributed by atoms with E-state index in [-0.39, 0.29) is 5.97 Å². The summed E-state index contributed by atoms with van der Waals surface area (Å²) in [6.07, 6.45) is 3.01. The molecule has 0 bridgehead atoms. The van der Waals surface area contributed by atoms with Crippen molar-refractivity contribution in [2.24, 2.45) is 5.92 Å². The maximum Gasteiger partial charge on any atom is 0.341 e. The van der Waals surface area contributed by atoms with E-state index in [1.165, 1.54) is 12.0 Å². The van der Waals surface area contributed by atoms with E-state index >= 15 is 0 Å². The number of carbonyl (C=O) groups is 1. The number of halogens is 2. The Kier molecular flexibility index (Phi) is 7.62. The number of carbonyl (C=O) groups excluding carboxylic acids is 1. The van der Waals surface area contributed by atoms with Crippen LogP contribution < -0.4 is 5.32 Å². The molecule has 2 aliphatic rings. The van der Waals surface area contributed by atoms with Gasteiger partial charge < -0.3 is 15.0 Å².